The van der Waals surface area contributed by atoms with Gasteiger partial charge in [0, 0.05) is 12.7 Å². The Balaban J connectivity index is 2.01. The molecule has 18 heavy (non-hydrogen) atoms. The van der Waals surface area contributed by atoms with Crippen molar-refractivity contribution in [1.29, 1.82) is 0 Å². The number of aryl methyl sites for hydroxylation is 2. The summed E-state index contributed by atoms with van der Waals surface area (Å²) in [6.45, 7) is 7.97. The van der Waals surface area contributed by atoms with E-state index in [0.29, 0.717) is 18.4 Å². The second-order valence-corrected chi connectivity index (χ2v) is 4.94. The third kappa shape index (κ3) is 2.98. The molecule has 2 heterocycles. The van der Waals surface area contributed by atoms with Crippen LogP contribution in [-0.2, 0) is 13.6 Å². The van der Waals surface area contributed by atoms with Gasteiger partial charge in [0.05, 0.1) is 12.7 Å². The quantitative estimate of drug-likeness (QED) is 0.880. The summed E-state index contributed by atoms with van der Waals surface area (Å²) in [6.07, 6.45) is 1.73. The first-order valence-corrected chi connectivity index (χ1v) is 6.22. The molecular weight excluding hydrogens is 228 g/mol. The van der Waals surface area contributed by atoms with Gasteiger partial charge in [-0.25, -0.2) is 4.98 Å². The van der Waals surface area contributed by atoms with Crippen molar-refractivity contribution in [2.24, 2.45) is 13.0 Å². The Hall–Kier alpha value is -1.62. The van der Waals surface area contributed by atoms with E-state index in [1.54, 1.807) is 6.20 Å². The fourth-order valence-electron chi connectivity index (χ4n) is 1.66. The molecule has 0 saturated carbocycles. The van der Waals surface area contributed by atoms with Crippen molar-refractivity contribution < 1.29 is 4.42 Å². The SMILES string of the molecule is Cc1cc(-c2cnc(CNCC(C)C)o2)nn1C. The summed E-state index contributed by atoms with van der Waals surface area (Å²) in [5, 5.41) is 7.67. The van der Waals surface area contributed by atoms with E-state index in [0.717, 1.165) is 23.7 Å². The molecule has 0 saturated heterocycles. The highest BCUT2D eigenvalue weighted by atomic mass is 16.4. The topological polar surface area (TPSA) is 55.9 Å². The maximum Gasteiger partial charge on any atom is 0.208 e. The summed E-state index contributed by atoms with van der Waals surface area (Å²) < 4.78 is 7.50. The van der Waals surface area contributed by atoms with E-state index in [9.17, 15) is 0 Å². The number of nitrogens with one attached hydrogen (secondary N) is 1. The van der Waals surface area contributed by atoms with Gasteiger partial charge in [-0.15, -0.1) is 0 Å². The molecule has 5 heteroatoms. The predicted molar refractivity (Wildman–Crippen MR) is 70.0 cm³/mol. The Labute approximate surface area is 107 Å². The van der Waals surface area contributed by atoms with Crippen LogP contribution < -0.4 is 5.32 Å². The maximum atomic E-state index is 5.67. The van der Waals surface area contributed by atoms with E-state index in [-0.39, 0.29) is 0 Å². The Bertz CT molecular complexity index is 493. The lowest BCUT2D eigenvalue weighted by atomic mass is 10.2. The summed E-state index contributed by atoms with van der Waals surface area (Å²) in [6, 6.07) is 1.99. The van der Waals surface area contributed by atoms with Crippen LogP contribution in [0, 0.1) is 12.8 Å². The average Bonchev–Trinajstić information content (AvgIpc) is 2.87. The number of rotatable bonds is 5. The summed E-state index contributed by atoms with van der Waals surface area (Å²) in [4.78, 5) is 4.25. The van der Waals surface area contributed by atoms with Crippen molar-refractivity contribution >= 4 is 0 Å². The summed E-state index contributed by atoms with van der Waals surface area (Å²) >= 11 is 0. The van der Waals surface area contributed by atoms with Crippen molar-refractivity contribution in [3.05, 3.63) is 23.8 Å². The normalized spacial score (nSPS) is 11.4. The second-order valence-electron chi connectivity index (χ2n) is 4.94. The van der Waals surface area contributed by atoms with E-state index >= 15 is 0 Å². The Morgan fingerprint density at radius 1 is 1.44 bits per heavy atom. The van der Waals surface area contributed by atoms with E-state index in [2.05, 4.69) is 29.2 Å². The lowest BCUT2D eigenvalue weighted by molar-refractivity contribution is 0.458. The molecule has 0 radical (unpaired) electrons. The summed E-state index contributed by atoms with van der Waals surface area (Å²) in [5.41, 5.74) is 1.93. The standard InChI is InChI=1S/C13H20N4O/c1-9(2)6-14-8-13-15-7-12(18-13)11-5-10(3)17(4)16-11/h5,7,9,14H,6,8H2,1-4H3. The molecule has 98 valence electrons. The molecule has 0 bridgehead atoms. The molecule has 0 aliphatic heterocycles. The first-order chi connectivity index (χ1) is 8.56. The van der Waals surface area contributed by atoms with Crippen LogP contribution in [0.1, 0.15) is 25.4 Å². The van der Waals surface area contributed by atoms with Gasteiger partial charge in [0.25, 0.3) is 0 Å². The monoisotopic (exact) mass is 248 g/mol. The van der Waals surface area contributed by atoms with Crippen LogP contribution in [0.4, 0.5) is 0 Å². The molecule has 0 amide bonds. The number of oxazole rings is 1. The molecule has 0 aliphatic rings. The lowest BCUT2D eigenvalue weighted by Crippen LogP contribution is -2.18. The van der Waals surface area contributed by atoms with Gasteiger partial charge in [0.2, 0.25) is 5.89 Å². The van der Waals surface area contributed by atoms with E-state index in [1.165, 1.54) is 0 Å². The fourth-order valence-corrected chi connectivity index (χ4v) is 1.66. The number of aromatic nitrogens is 3. The Morgan fingerprint density at radius 2 is 2.22 bits per heavy atom. The van der Waals surface area contributed by atoms with Crippen molar-refractivity contribution in [3.63, 3.8) is 0 Å². The largest absolute Gasteiger partial charge is 0.438 e. The van der Waals surface area contributed by atoms with Gasteiger partial charge in [-0.3, -0.25) is 4.68 Å². The second kappa shape index (κ2) is 5.35. The molecule has 0 aliphatic carbocycles. The number of hydrogen-bond donors (Lipinski definition) is 1. The smallest absolute Gasteiger partial charge is 0.208 e. The van der Waals surface area contributed by atoms with E-state index in [1.807, 2.05) is 24.7 Å². The zero-order valence-corrected chi connectivity index (χ0v) is 11.4. The van der Waals surface area contributed by atoms with Crippen molar-refractivity contribution in [2.45, 2.75) is 27.3 Å². The first kappa shape index (κ1) is 12.8. The molecule has 5 nitrogen and oxygen atoms in total. The van der Waals surface area contributed by atoms with E-state index < -0.39 is 0 Å². The molecular formula is C13H20N4O. The fraction of sp³-hybridized carbons (Fsp3) is 0.538. The zero-order chi connectivity index (χ0) is 13.1. The number of hydrogen-bond acceptors (Lipinski definition) is 4. The molecule has 0 aromatic carbocycles. The molecule has 2 rings (SSSR count). The minimum atomic E-state index is 0.623. The highest BCUT2D eigenvalue weighted by molar-refractivity contribution is 5.50. The highest BCUT2D eigenvalue weighted by Crippen LogP contribution is 2.19. The van der Waals surface area contributed by atoms with Gasteiger partial charge in [0.1, 0.15) is 5.69 Å². The van der Waals surface area contributed by atoms with Crippen molar-refractivity contribution in [1.82, 2.24) is 20.1 Å². The van der Waals surface area contributed by atoms with Gasteiger partial charge < -0.3 is 9.73 Å². The van der Waals surface area contributed by atoms with Crippen LogP contribution in [0.15, 0.2) is 16.7 Å². The van der Waals surface area contributed by atoms with E-state index in [4.69, 9.17) is 4.42 Å². The lowest BCUT2D eigenvalue weighted by Gasteiger charge is -2.03. The molecule has 0 atom stereocenters. The van der Waals surface area contributed by atoms with Crippen LogP contribution in [0.3, 0.4) is 0 Å². The third-order valence-corrected chi connectivity index (χ3v) is 2.75. The van der Waals surface area contributed by atoms with Crippen LogP contribution in [0.25, 0.3) is 11.5 Å². The van der Waals surface area contributed by atoms with Crippen LogP contribution >= 0.6 is 0 Å². The average molecular weight is 248 g/mol. The van der Waals surface area contributed by atoms with Crippen molar-refractivity contribution in [2.75, 3.05) is 6.54 Å². The van der Waals surface area contributed by atoms with Crippen LogP contribution in [0.5, 0.6) is 0 Å². The molecule has 0 fully saturated rings. The van der Waals surface area contributed by atoms with Crippen LogP contribution in [0.2, 0.25) is 0 Å². The Kier molecular flexibility index (Phi) is 3.81. The highest BCUT2D eigenvalue weighted by Gasteiger charge is 2.10. The molecule has 1 N–H and O–H groups in total. The summed E-state index contributed by atoms with van der Waals surface area (Å²) in [7, 11) is 1.92. The van der Waals surface area contributed by atoms with Gasteiger partial charge >= 0.3 is 0 Å². The predicted octanol–water partition coefficient (Wildman–Crippen LogP) is 2.13. The van der Waals surface area contributed by atoms with Gasteiger partial charge in [-0.1, -0.05) is 13.8 Å². The minimum Gasteiger partial charge on any atom is -0.438 e. The summed E-state index contributed by atoms with van der Waals surface area (Å²) in [5.74, 6) is 2.05. The Morgan fingerprint density at radius 3 is 2.83 bits per heavy atom. The molecule has 0 unspecified atom stereocenters. The van der Waals surface area contributed by atoms with Gasteiger partial charge in [0.15, 0.2) is 5.76 Å². The number of nitrogens with zero attached hydrogens (tertiary/aromatic N) is 3. The van der Waals surface area contributed by atoms with Crippen molar-refractivity contribution in [3.8, 4) is 11.5 Å². The third-order valence-electron chi connectivity index (χ3n) is 2.75. The minimum absolute atomic E-state index is 0.623. The van der Waals surface area contributed by atoms with Gasteiger partial charge in [-0.2, -0.15) is 5.10 Å². The van der Waals surface area contributed by atoms with Gasteiger partial charge in [-0.05, 0) is 25.5 Å². The molecule has 0 spiro atoms. The first-order valence-electron chi connectivity index (χ1n) is 6.22. The zero-order valence-electron chi connectivity index (χ0n) is 11.4. The van der Waals surface area contributed by atoms with Crippen LogP contribution in [-0.4, -0.2) is 21.3 Å². The maximum absolute atomic E-state index is 5.67. The molecule has 2 aromatic heterocycles. The molecule has 2 aromatic rings.